The number of hydrogen-bond acceptors (Lipinski definition) is 6. The van der Waals surface area contributed by atoms with Crippen molar-refractivity contribution in [1.29, 1.82) is 0 Å². The molecule has 1 aliphatic rings. The molecule has 0 aliphatic carbocycles. The molecule has 0 saturated heterocycles. The summed E-state index contributed by atoms with van der Waals surface area (Å²) < 4.78 is 0. The second kappa shape index (κ2) is 7.63. The number of aliphatic hydroxyl groups is 1. The summed E-state index contributed by atoms with van der Waals surface area (Å²) in [6.45, 7) is 9.46. The number of aliphatic hydroxyl groups excluding tert-OH is 1. The highest BCUT2D eigenvalue weighted by molar-refractivity contribution is 7.07. The minimum atomic E-state index is -1.20. The van der Waals surface area contributed by atoms with Gasteiger partial charge in [-0.05, 0) is 40.8 Å². The molecule has 0 amide bonds. The van der Waals surface area contributed by atoms with Crippen molar-refractivity contribution in [3.05, 3.63) is 57.6 Å². The molecule has 1 aromatic heterocycles. The zero-order chi connectivity index (χ0) is 22.3. The van der Waals surface area contributed by atoms with E-state index in [4.69, 9.17) is 0 Å². The Bertz CT molecular complexity index is 989. The van der Waals surface area contributed by atoms with Gasteiger partial charge in [-0.15, -0.1) is 11.3 Å². The molecule has 30 heavy (non-hydrogen) atoms. The van der Waals surface area contributed by atoms with Gasteiger partial charge in [0, 0.05) is 22.6 Å². The number of aliphatic carboxylic acids is 1. The van der Waals surface area contributed by atoms with Gasteiger partial charge >= 0.3 is 5.97 Å². The third kappa shape index (κ3) is 3.68. The van der Waals surface area contributed by atoms with Gasteiger partial charge in [-0.25, -0.2) is 4.98 Å². The van der Waals surface area contributed by atoms with Gasteiger partial charge in [0.25, 0.3) is 0 Å². The Balaban J connectivity index is 2.36. The fraction of sp³-hybridized carbons (Fsp3) is 0.435. The van der Waals surface area contributed by atoms with Crippen LogP contribution < -0.4 is 0 Å². The molecule has 7 heteroatoms. The molecule has 1 aromatic carbocycles. The minimum absolute atomic E-state index is 0.118. The quantitative estimate of drug-likeness (QED) is 0.642. The molecule has 0 spiro atoms. The average molecular weight is 429 g/mol. The summed E-state index contributed by atoms with van der Waals surface area (Å²) in [6.07, 6.45) is 5.12. The van der Waals surface area contributed by atoms with E-state index in [9.17, 15) is 20.1 Å². The third-order valence-electron chi connectivity index (χ3n) is 5.66. The van der Waals surface area contributed by atoms with Crippen molar-refractivity contribution in [2.24, 2.45) is 4.99 Å². The zero-order valence-corrected chi connectivity index (χ0v) is 18.7. The van der Waals surface area contributed by atoms with Gasteiger partial charge in [0.15, 0.2) is 0 Å². The largest absolute Gasteiger partial charge is 0.507 e. The summed E-state index contributed by atoms with van der Waals surface area (Å²) >= 11 is 1.34. The Morgan fingerprint density at radius 3 is 2.33 bits per heavy atom. The van der Waals surface area contributed by atoms with Crippen LogP contribution >= 0.6 is 11.3 Å². The van der Waals surface area contributed by atoms with Crippen LogP contribution in [-0.2, 0) is 21.2 Å². The lowest BCUT2D eigenvalue weighted by atomic mass is 9.71. The van der Waals surface area contributed by atoms with E-state index in [2.05, 4.69) is 9.98 Å². The maximum Gasteiger partial charge on any atom is 0.315 e. The number of aromatic hydroxyl groups is 1. The van der Waals surface area contributed by atoms with E-state index < -0.39 is 28.3 Å². The molecule has 2 atom stereocenters. The van der Waals surface area contributed by atoms with E-state index in [1.54, 1.807) is 35.3 Å². The summed E-state index contributed by atoms with van der Waals surface area (Å²) in [6, 6.07) is 3.61. The molecule has 0 saturated carbocycles. The normalized spacial score (nSPS) is 19.9. The van der Waals surface area contributed by atoms with E-state index in [1.807, 2.05) is 40.7 Å². The molecule has 3 N–H and O–H groups in total. The first kappa shape index (κ1) is 22.2. The Kier molecular flexibility index (Phi) is 5.64. The van der Waals surface area contributed by atoms with Crippen LogP contribution in [0.3, 0.4) is 0 Å². The van der Waals surface area contributed by atoms with Gasteiger partial charge in [-0.1, -0.05) is 34.6 Å². The SMILES string of the molecule is CC(C)(C)c1cc(C2(C(C(=O)O)c3cscn3)C=CC=N2)cc(C(C)(C)CO)c1O. The van der Waals surface area contributed by atoms with Crippen molar-refractivity contribution in [2.45, 2.75) is 56.9 Å². The van der Waals surface area contributed by atoms with Crippen LogP contribution in [0, 0.1) is 0 Å². The first-order chi connectivity index (χ1) is 13.9. The van der Waals surface area contributed by atoms with Crippen molar-refractivity contribution < 1.29 is 20.1 Å². The van der Waals surface area contributed by atoms with Crippen LogP contribution in [0.4, 0.5) is 0 Å². The fourth-order valence-corrected chi connectivity index (χ4v) is 4.43. The van der Waals surface area contributed by atoms with Crippen molar-refractivity contribution in [3.63, 3.8) is 0 Å². The van der Waals surface area contributed by atoms with Crippen molar-refractivity contribution in [2.75, 3.05) is 6.61 Å². The molecule has 0 bridgehead atoms. The average Bonchev–Trinajstić information content (AvgIpc) is 3.34. The van der Waals surface area contributed by atoms with Gasteiger partial charge in [-0.2, -0.15) is 0 Å². The smallest absolute Gasteiger partial charge is 0.315 e. The first-order valence-electron chi connectivity index (χ1n) is 9.77. The molecule has 2 unspecified atom stereocenters. The third-order valence-corrected chi connectivity index (χ3v) is 6.27. The second-order valence-electron chi connectivity index (χ2n) is 9.36. The summed E-state index contributed by atoms with van der Waals surface area (Å²) in [7, 11) is 0. The lowest BCUT2D eigenvalue weighted by Gasteiger charge is -2.35. The summed E-state index contributed by atoms with van der Waals surface area (Å²) in [5.74, 6) is -1.94. The molecule has 6 nitrogen and oxygen atoms in total. The molecule has 2 aromatic rings. The lowest BCUT2D eigenvalue weighted by molar-refractivity contribution is -0.140. The Morgan fingerprint density at radius 2 is 1.87 bits per heavy atom. The highest BCUT2D eigenvalue weighted by atomic mass is 32.1. The number of thiazole rings is 1. The Hall–Kier alpha value is -2.51. The summed E-state index contributed by atoms with van der Waals surface area (Å²) in [5, 5.41) is 32.9. The van der Waals surface area contributed by atoms with E-state index in [0.717, 1.165) is 0 Å². The summed E-state index contributed by atoms with van der Waals surface area (Å²) in [5.41, 5.74) is 1.59. The molecule has 1 aliphatic heterocycles. The number of hydrogen-bond donors (Lipinski definition) is 3. The van der Waals surface area contributed by atoms with Gasteiger partial charge < -0.3 is 15.3 Å². The zero-order valence-electron chi connectivity index (χ0n) is 17.9. The van der Waals surface area contributed by atoms with Crippen LogP contribution in [0.25, 0.3) is 0 Å². The Morgan fingerprint density at radius 1 is 1.20 bits per heavy atom. The monoisotopic (exact) mass is 428 g/mol. The van der Waals surface area contributed by atoms with Crippen LogP contribution in [-0.4, -0.2) is 39.1 Å². The van der Waals surface area contributed by atoms with Crippen molar-refractivity contribution >= 4 is 23.5 Å². The molecule has 0 fully saturated rings. The van der Waals surface area contributed by atoms with Gasteiger partial charge in [0.2, 0.25) is 0 Å². The number of phenolic OH excluding ortho intramolecular Hbond substituents is 1. The molecule has 3 rings (SSSR count). The second-order valence-corrected chi connectivity index (χ2v) is 10.1. The van der Waals surface area contributed by atoms with E-state index in [0.29, 0.717) is 22.4 Å². The van der Waals surface area contributed by atoms with E-state index in [1.165, 1.54) is 11.3 Å². The molecular weight excluding hydrogens is 400 g/mol. The number of carboxylic acids is 1. The number of aliphatic imine (C=N–C) groups is 1. The maximum absolute atomic E-state index is 12.4. The van der Waals surface area contributed by atoms with E-state index >= 15 is 0 Å². The van der Waals surface area contributed by atoms with Crippen LogP contribution in [0.2, 0.25) is 0 Å². The maximum atomic E-state index is 12.4. The first-order valence-corrected chi connectivity index (χ1v) is 10.7. The van der Waals surface area contributed by atoms with Crippen LogP contribution in [0.5, 0.6) is 5.75 Å². The number of rotatable bonds is 6. The number of carbonyl (C=O) groups is 1. The molecule has 0 radical (unpaired) electrons. The standard InChI is InChI=1S/C23H28N2O4S/c1-21(2,3)15-9-14(10-16(19(15)27)22(4,5)12-26)23(7-6-8-25-23)18(20(28)29)17-11-30-13-24-17/h6-11,13,18,26-27H,12H2,1-5H3,(H,28,29). The molecule has 160 valence electrons. The van der Waals surface area contributed by atoms with Crippen LogP contribution in [0.15, 0.2) is 40.2 Å². The number of nitrogens with zero attached hydrogens (tertiary/aromatic N) is 2. The predicted molar refractivity (Wildman–Crippen MR) is 119 cm³/mol. The fourth-order valence-electron chi connectivity index (χ4n) is 3.85. The van der Waals surface area contributed by atoms with Crippen molar-refractivity contribution in [1.82, 2.24) is 4.98 Å². The predicted octanol–water partition coefficient (Wildman–Crippen LogP) is 4.12. The highest BCUT2D eigenvalue weighted by Gasteiger charge is 2.47. The lowest BCUT2D eigenvalue weighted by Crippen LogP contribution is -2.35. The van der Waals surface area contributed by atoms with E-state index in [-0.39, 0.29) is 12.4 Å². The van der Waals surface area contributed by atoms with Gasteiger partial charge in [-0.3, -0.25) is 9.79 Å². The number of allylic oxidation sites excluding steroid dienone is 1. The topological polar surface area (TPSA) is 103 Å². The highest BCUT2D eigenvalue weighted by Crippen LogP contribution is 2.48. The Labute approximate surface area is 180 Å². The molecular formula is C23H28N2O4S. The number of benzene rings is 1. The minimum Gasteiger partial charge on any atom is -0.507 e. The van der Waals surface area contributed by atoms with Crippen LogP contribution in [0.1, 0.15) is 62.9 Å². The number of phenols is 1. The number of aromatic nitrogens is 1. The van der Waals surface area contributed by atoms with Gasteiger partial charge in [0.1, 0.15) is 17.2 Å². The van der Waals surface area contributed by atoms with Gasteiger partial charge in [0.05, 0.1) is 17.8 Å². The summed E-state index contributed by atoms with van der Waals surface area (Å²) in [4.78, 5) is 21.3. The number of carboxylic acid groups (broad SMARTS) is 1. The van der Waals surface area contributed by atoms with Crippen molar-refractivity contribution in [3.8, 4) is 5.75 Å². The molecule has 2 heterocycles.